The molecule has 8 nitrogen and oxygen atoms in total. The predicted octanol–water partition coefficient (Wildman–Crippen LogP) is 7.73. The van der Waals surface area contributed by atoms with Gasteiger partial charge in [0.15, 0.2) is 11.6 Å². The highest BCUT2D eigenvalue weighted by atomic mass is 19.1. The highest BCUT2D eigenvalue weighted by Gasteiger charge is 2.31. The number of ether oxygens (including phenoxy) is 1. The zero-order valence-electron chi connectivity index (χ0n) is 33.4. The van der Waals surface area contributed by atoms with Crippen molar-refractivity contribution in [3.63, 3.8) is 0 Å². The number of nitrogens with one attached hydrogen (secondary N) is 1. The van der Waals surface area contributed by atoms with Crippen molar-refractivity contribution in [1.82, 2.24) is 15.1 Å². The summed E-state index contributed by atoms with van der Waals surface area (Å²) in [4.78, 5) is 42.2. The van der Waals surface area contributed by atoms with Gasteiger partial charge in [0.1, 0.15) is 23.3 Å². The fraction of sp³-hybridized carbons (Fsp3) is 0.667. The largest absolute Gasteiger partial charge is 0.381 e. The number of nitrogens with two attached hydrogens (primary N) is 1. The molecule has 3 N–H and O–H groups in total. The molecule has 7 rings (SSSR count). The number of Topliss-reactive ketones (excluding diaryl/α,β-unsaturated/α-hetero) is 2. The molecule has 0 spiro atoms. The van der Waals surface area contributed by atoms with Crippen molar-refractivity contribution in [2.75, 3.05) is 52.5 Å². The molecule has 2 saturated carbocycles. The first kappa shape index (κ1) is 43.4. The molecule has 5 aliphatic rings. The monoisotopic (exact) mass is 798 g/mol. The third-order valence-electron chi connectivity index (χ3n) is 13.4. The molecule has 0 radical (unpaired) electrons. The molecule has 5 fully saturated rings. The van der Waals surface area contributed by atoms with Gasteiger partial charge in [0.05, 0.1) is 23.7 Å². The van der Waals surface area contributed by atoms with E-state index in [0.717, 1.165) is 147 Å². The lowest BCUT2D eigenvalue weighted by molar-refractivity contribution is -0.126. The van der Waals surface area contributed by atoms with Crippen molar-refractivity contribution < 1.29 is 36.7 Å². The molecule has 57 heavy (non-hydrogen) atoms. The van der Waals surface area contributed by atoms with E-state index in [9.17, 15) is 31.9 Å². The van der Waals surface area contributed by atoms with Gasteiger partial charge in [-0.05, 0) is 172 Å². The number of piperidine rings is 2. The minimum Gasteiger partial charge on any atom is -0.381 e. The molecule has 0 bridgehead atoms. The number of amides is 1. The Balaban J connectivity index is 0.000000199. The molecule has 2 aliphatic carbocycles. The average molecular weight is 799 g/mol. The molecule has 1 amide bonds. The summed E-state index contributed by atoms with van der Waals surface area (Å²) in [6.45, 7) is 6.79. The Hall–Kier alpha value is -3.19. The number of rotatable bonds is 12. The van der Waals surface area contributed by atoms with E-state index in [0.29, 0.717) is 31.2 Å². The second-order valence-electron chi connectivity index (χ2n) is 17.4. The molecule has 3 saturated heterocycles. The molecule has 314 valence electrons. The second-order valence-corrected chi connectivity index (χ2v) is 17.4. The first-order chi connectivity index (χ1) is 27.5. The van der Waals surface area contributed by atoms with Crippen LogP contribution in [-0.2, 0) is 9.53 Å². The van der Waals surface area contributed by atoms with Crippen molar-refractivity contribution in [1.29, 1.82) is 0 Å². The Kier molecular flexibility index (Phi) is 16.1. The molecule has 3 aliphatic heterocycles. The Bertz CT molecular complexity index is 1620. The molecule has 2 aromatic carbocycles. The normalized spacial score (nSPS) is 26.7. The SMILES string of the molecule is NC1CCC(CCN2CCC(C(=O)c3ccc(F)cc3F)CC2)CC1.O=C(c1ccc(F)cc1F)C1CCN(CCC2CCC(NC(=O)[C@H]3CCOC3)CC2)CC1. The highest BCUT2D eigenvalue weighted by Crippen LogP contribution is 2.31. The number of carbonyl (C=O) groups excluding carboxylic acids is 3. The van der Waals surface area contributed by atoms with Crippen LogP contribution in [0, 0.1) is 52.9 Å². The van der Waals surface area contributed by atoms with Crippen molar-refractivity contribution in [2.45, 2.75) is 108 Å². The predicted molar refractivity (Wildman–Crippen MR) is 212 cm³/mol. The summed E-state index contributed by atoms with van der Waals surface area (Å²) < 4.78 is 59.2. The van der Waals surface area contributed by atoms with Crippen LogP contribution in [0.5, 0.6) is 0 Å². The summed E-state index contributed by atoms with van der Waals surface area (Å²) in [6.07, 6.45) is 15.3. The molecule has 3 heterocycles. The Morgan fingerprint density at radius 2 is 1.07 bits per heavy atom. The van der Waals surface area contributed by atoms with E-state index in [1.54, 1.807) is 0 Å². The van der Waals surface area contributed by atoms with Crippen LogP contribution >= 0.6 is 0 Å². The summed E-state index contributed by atoms with van der Waals surface area (Å²) in [5.74, 6) is -1.88. The topological polar surface area (TPSA) is 105 Å². The highest BCUT2D eigenvalue weighted by molar-refractivity contribution is 5.98. The smallest absolute Gasteiger partial charge is 0.225 e. The minimum atomic E-state index is -0.763. The Morgan fingerprint density at radius 1 is 0.614 bits per heavy atom. The number of hydrogen-bond donors (Lipinski definition) is 2. The third kappa shape index (κ3) is 12.7. The number of carbonyl (C=O) groups is 3. The van der Waals surface area contributed by atoms with Gasteiger partial charge in [0.25, 0.3) is 0 Å². The second kappa shape index (κ2) is 21.2. The Morgan fingerprint density at radius 3 is 1.49 bits per heavy atom. The molecule has 1 atom stereocenters. The fourth-order valence-corrected chi connectivity index (χ4v) is 9.52. The minimum absolute atomic E-state index is 0.00848. The van der Waals surface area contributed by atoms with Gasteiger partial charge in [-0.2, -0.15) is 0 Å². The first-order valence-electron chi connectivity index (χ1n) is 21.6. The van der Waals surface area contributed by atoms with E-state index in [1.807, 2.05) is 0 Å². The maximum Gasteiger partial charge on any atom is 0.225 e. The van der Waals surface area contributed by atoms with Gasteiger partial charge in [-0.3, -0.25) is 14.4 Å². The number of hydrogen-bond acceptors (Lipinski definition) is 7. The van der Waals surface area contributed by atoms with Gasteiger partial charge >= 0.3 is 0 Å². The lowest BCUT2D eigenvalue weighted by Crippen LogP contribution is -2.41. The van der Waals surface area contributed by atoms with Gasteiger partial charge in [0.2, 0.25) is 5.91 Å². The maximum absolute atomic E-state index is 13.9. The van der Waals surface area contributed by atoms with Crippen LogP contribution in [0.3, 0.4) is 0 Å². The summed E-state index contributed by atoms with van der Waals surface area (Å²) in [6, 6.07) is 7.10. The molecule has 12 heteroatoms. The van der Waals surface area contributed by atoms with Crippen LogP contribution < -0.4 is 11.1 Å². The van der Waals surface area contributed by atoms with E-state index in [-0.39, 0.29) is 46.4 Å². The number of nitrogens with zero attached hydrogens (tertiary/aromatic N) is 2. The fourth-order valence-electron chi connectivity index (χ4n) is 9.52. The lowest BCUT2D eigenvalue weighted by atomic mass is 9.83. The van der Waals surface area contributed by atoms with Crippen LogP contribution in [0.15, 0.2) is 36.4 Å². The van der Waals surface area contributed by atoms with Crippen LogP contribution in [0.25, 0.3) is 0 Å². The number of halogens is 4. The Labute approximate surface area is 335 Å². The van der Waals surface area contributed by atoms with E-state index in [1.165, 1.54) is 31.4 Å². The van der Waals surface area contributed by atoms with Crippen molar-refractivity contribution in [3.8, 4) is 0 Å². The summed E-state index contributed by atoms with van der Waals surface area (Å²) in [7, 11) is 0. The van der Waals surface area contributed by atoms with E-state index >= 15 is 0 Å². The van der Waals surface area contributed by atoms with Crippen molar-refractivity contribution in [2.24, 2.45) is 35.3 Å². The van der Waals surface area contributed by atoms with Crippen LogP contribution in [0.1, 0.15) is 117 Å². The lowest BCUT2D eigenvalue weighted by Gasteiger charge is -2.34. The number of benzene rings is 2. The quantitative estimate of drug-likeness (QED) is 0.167. The van der Waals surface area contributed by atoms with Gasteiger partial charge in [-0.25, -0.2) is 17.6 Å². The third-order valence-corrected chi connectivity index (χ3v) is 13.4. The van der Waals surface area contributed by atoms with Gasteiger partial charge in [-0.1, -0.05) is 0 Å². The zero-order chi connectivity index (χ0) is 40.3. The van der Waals surface area contributed by atoms with E-state index in [2.05, 4.69) is 15.1 Å². The maximum atomic E-state index is 13.9. The van der Waals surface area contributed by atoms with E-state index < -0.39 is 23.3 Å². The molecular weight excluding hydrogens is 737 g/mol. The summed E-state index contributed by atoms with van der Waals surface area (Å²) in [5, 5.41) is 3.21. The van der Waals surface area contributed by atoms with Crippen LogP contribution in [0.2, 0.25) is 0 Å². The molecular formula is C45H62F4N4O4. The standard InChI is InChI=1S/C25H34F2N2O3.C20H28F2N2O/c26-20-3-6-22(23(27)15-20)24(30)18-8-12-29(13-9-18)11-7-17-1-4-21(5-2-17)28-25(31)19-10-14-32-16-19;21-16-3-6-18(19(22)13-16)20(25)15-8-11-24(12-9-15)10-7-14-1-4-17(23)5-2-14/h3,6,15,17-19,21H,1-2,4-5,7-14,16H2,(H,28,31);3,6,13-15,17H,1-2,4-5,7-12,23H2/t17?,19-,21?;/m0./s1. The van der Waals surface area contributed by atoms with E-state index in [4.69, 9.17) is 10.5 Å². The van der Waals surface area contributed by atoms with Crippen molar-refractivity contribution >= 4 is 17.5 Å². The first-order valence-corrected chi connectivity index (χ1v) is 21.6. The van der Waals surface area contributed by atoms with Crippen molar-refractivity contribution in [3.05, 3.63) is 70.8 Å². The van der Waals surface area contributed by atoms with Gasteiger partial charge < -0.3 is 25.6 Å². The summed E-state index contributed by atoms with van der Waals surface area (Å²) >= 11 is 0. The van der Waals surface area contributed by atoms with Gasteiger partial charge in [0, 0.05) is 42.7 Å². The average Bonchev–Trinajstić information content (AvgIpc) is 3.77. The molecule has 2 aromatic rings. The number of ketones is 2. The molecule has 0 aromatic heterocycles. The summed E-state index contributed by atoms with van der Waals surface area (Å²) in [5.41, 5.74) is 5.99. The van der Waals surface area contributed by atoms with Crippen LogP contribution in [0.4, 0.5) is 17.6 Å². The van der Waals surface area contributed by atoms with Crippen LogP contribution in [-0.4, -0.2) is 91.8 Å². The van der Waals surface area contributed by atoms with Gasteiger partial charge in [-0.15, -0.1) is 0 Å². The zero-order valence-corrected chi connectivity index (χ0v) is 33.4. The number of likely N-dealkylation sites (tertiary alicyclic amines) is 2. The molecule has 0 unspecified atom stereocenters.